The maximum atomic E-state index is 11.9. The van der Waals surface area contributed by atoms with Crippen LogP contribution in [0.1, 0.15) is 54.0 Å². The number of ether oxygens (including phenoxy) is 1. The number of benzene rings is 1. The highest BCUT2D eigenvalue weighted by molar-refractivity contribution is 5.90. The lowest BCUT2D eigenvalue weighted by Crippen LogP contribution is -2.46. The van der Waals surface area contributed by atoms with Crippen LogP contribution in [0.5, 0.6) is 0 Å². The van der Waals surface area contributed by atoms with Gasteiger partial charge in [-0.2, -0.15) is 0 Å². The van der Waals surface area contributed by atoms with E-state index in [0.29, 0.717) is 12.2 Å². The molecule has 0 aliphatic carbocycles. The van der Waals surface area contributed by atoms with Gasteiger partial charge >= 0.3 is 5.97 Å². The SMILES string of the molecule is C=Cc1ccc(N2CC(c3nccnc3-c3ccc(C(=O)OCC)cc3)C2)nc1C=C.CC. The van der Waals surface area contributed by atoms with Gasteiger partial charge in [0, 0.05) is 37.0 Å². The summed E-state index contributed by atoms with van der Waals surface area (Å²) in [5.41, 5.74) is 5.05. The van der Waals surface area contributed by atoms with Crippen LogP contribution in [-0.2, 0) is 4.74 Å². The van der Waals surface area contributed by atoms with E-state index in [2.05, 4.69) is 28.0 Å². The molecule has 0 spiro atoms. The van der Waals surface area contributed by atoms with Gasteiger partial charge in [0.2, 0.25) is 0 Å². The summed E-state index contributed by atoms with van der Waals surface area (Å²) >= 11 is 0. The van der Waals surface area contributed by atoms with Crippen molar-refractivity contribution in [3.63, 3.8) is 0 Å². The Balaban J connectivity index is 0.00000149. The third-order valence-corrected chi connectivity index (χ3v) is 5.34. The number of esters is 1. The van der Waals surface area contributed by atoms with Crippen LogP contribution >= 0.6 is 0 Å². The van der Waals surface area contributed by atoms with Crippen LogP contribution in [0.15, 0.2) is 61.9 Å². The molecule has 0 saturated carbocycles. The van der Waals surface area contributed by atoms with Crippen molar-refractivity contribution in [1.82, 2.24) is 15.0 Å². The minimum Gasteiger partial charge on any atom is -0.462 e. The molecular weight excluding hydrogens is 412 g/mol. The fourth-order valence-electron chi connectivity index (χ4n) is 3.67. The fourth-order valence-corrected chi connectivity index (χ4v) is 3.67. The molecular formula is C27H30N4O2. The first kappa shape index (κ1) is 23.9. The van der Waals surface area contributed by atoms with Gasteiger partial charge in [0.05, 0.1) is 29.3 Å². The Morgan fingerprint density at radius 3 is 2.39 bits per heavy atom. The average Bonchev–Trinajstić information content (AvgIpc) is 2.85. The molecule has 2 aromatic heterocycles. The molecule has 1 aliphatic heterocycles. The van der Waals surface area contributed by atoms with E-state index in [9.17, 15) is 4.79 Å². The van der Waals surface area contributed by atoms with E-state index in [1.807, 2.05) is 38.1 Å². The van der Waals surface area contributed by atoms with Crippen molar-refractivity contribution in [3.05, 3.63) is 84.5 Å². The molecule has 1 aromatic carbocycles. The number of nitrogens with zero attached hydrogens (tertiary/aromatic N) is 4. The van der Waals surface area contributed by atoms with Gasteiger partial charge in [-0.15, -0.1) is 0 Å². The summed E-state index contributed by atoms with van der Waals surface area (Å²) in [6.45, 7) is 15.4. The molecule has 1 aliphatic rings. The molecule has 0 bridgehead atoms. The summed E-state index contributed by atoms with van der Waals surface area (Å²) in [4.78, 5) is 28.0. The van der Waals surface area contributed by atoms with Crippen LogP contribution in [0, 0.1) is 0 Å². The van der Waals surface area contributed by atoms with Crippen molar-refractivity contribution in [2.24, 2.45) is 0 Å². The zero-order valence-electron chi connectivity index (χ0n) is 19.5. The van der Waals surface area contributed by atoms with Gasteiger partial charge in [0.1, 0.15) is 5.82 Å². The summed E-state index contributed by atoms with van der Waals surface area (Å²) in [5, 5.41) is 0. The number of hydrogen-bond donors (Lipinski definition) is 0. The van der Waals surface area contributed by atoms with Gasteiger partial charge in [0.25, 0.3) is 0 Å². The summed E-state index contributed by atoms with van der Waals surface area (Å²) in [7, 11) is 0. The van der Waals surface area contributed by atoms with Crippen LogP contribution in [-0.4, -0.2) is 40.6 Å². The molecule has 170 valence electrons. The number of anilines is 1. The molecule has 6 heteroatoms. The van der Waals surface area contributed by atoms with E-state index in [4.69, 9.17) is 9.72 Å². The average molecular weight is 443 g/mol. The second-order valence-electron chi connectivity index (χ2n) is 7.24. The molecule has 4 rings (SSSR count). The van der Waals surface area contributed by atoms with Crippen LogP contribution < -0.4 is 4.90 Å². The monoisotopic (exact) mass is 442 g/mol. The van der Waals surface area contributed by atoms with Gasteiger partial charge < -0.3 is 9.64 Å². The lowest BCUT2D eigenvalue weighted by atomic mass is 9.92. The Morgan fingerprint density at radius 2 is 1.76 bits per heavy atom. The predicted octanol–water partition coefficient (Wildman–Crippen LogP) is 5.63. The number of hydrogen-bond acceptors (Lipinski definition) is 6. The molecule has 1 saturated heterocycles. The largest absolute Gasteiger partial charge is 0.462 e. The van der Waals surface area contributed by atoms with Crippen LogP contribution in [0.3, 0.4) is 0 Å². The predicted molar refractivity (Wildman–Crippen MR) is 134 cm³/mol. The summed E-state index contributed by atoms with van der Waals surface area (Å²) in [5.74, 6) is 0.847. The van der Waals surface area contributed by atoms with Crippen molar-refractivity contribution in [1.29, 1.82) is 0 Å². The van der Waals surface area contributed by atoms with E-state index in [1.165, 1.54) is 0 Å². The normalized spacial score (nSPS) is 12.8. The van der Waals surface area contributed by atoms with Crippen LogP contribution in [0.2, 0.25) is 0 Å². The summed E-state index contributed by atoms with van der Waals surface area (Å²) in [6, 6.07) is 11.3. The molecule has 3 heterocycles. The highest BCUT2D eigenvalue weighted by Gasteiger charge is 2.32. The first-order valence-electron chi connectivity index (χ1n) is 11.2. The smallest absolute Gasteiger partial charge is 0.338 e. The minimum absolute atomic E-state index is 0.251. The first-order valence-corrected chi connectivity index (χ1v) is 11.2. The Hall–Kier alpha value is -3.80. The topological polar surface area (TPSA) is 68.2 Å². The van der Waals surface area contributed by atoms with Crippen molar-refractivity contribution in [2.75, 3.05) is 24.6 Å². The molecule has 3 aromatic rings. The first-order chi connectivity index (χ1) is 16.1. The van der Waals surface area contributed by atoms with E-state index in [1.54, 1.807) is 43.6 Å². The molecule has 1 fully saturated rings. The summed E-state index contributed by atoms with van der Waals surface area (Å²) in [6.07, 6.45) is 6.95. The maximum absolute atomic E-state index is 11.9. The molecule has 6 nitrogen and oxygen atoms in total. The maximum Gasteiger partial charge on any atom is 0.338 e. The quantitative estimate of drug-likeness (QED) is 0.442. The molecule has 0 atom stereocenters. The molecule has 33 heavy (non-hydrogen) atoms. The van der Waals surface area contributed by atoms with E-state index < -0.39 is 0 Å². The third-order valence-electron chi connectivity index (χ3n) is 5.34. The second-order valence-corrected chi connectivity index (χ2v) is 7.24. The molecule has 0 amide bonds. The third kappa shape index (κ3) is 5.17. The lowest BCUT2D eigenvalue weighted by Gasteiger charge is -2.40. The van der Waals surface area contributed by atoms with Gasteiger partial charge in [-0.3, -0.25) is 9.97 Å². The second kappa shape index (κ2) is 11.2. The highest BCUT2D eigenvalue weighted by atomic mass is 16.5. The molecule has 0 N–H and O–H groups in total. The van der Waals surface area contributed by atoms with E-state index >= 15 is 0 Å². The van der Waals surface area contributed by atoms with Crippen LogP contribution in [0.4, 0.5) is 5.82 Å². The van der Waals surface area contributed by atoms with E-state index in [0.717, 1.165) is 47.1 Å². The number of carbonyl (C=O) groups is 1. The zero-order chi connectivity index (χ0) is 23.8. The molecule has 0 radical (unpaired) electrons. The van der Waals surface area contributed by atoms with Crippen LogP contribution in [0.25, 0.3) is 23.4 Å². The van der Waals surface area contributed by atoms with Crippen molar-refractivity contribution in [2.45, 2.75) is 26.7 Å². The fraction of sp³-hybridized carbons (Fsp3) is 0.259. The van der Waals surface area contributed by atoms with Gasteiger partial charge in [-0.05, 0) is 42.8 Å². The van der Waals surface area contributed by atoms with Crippen molar-refractivity contribution in [3.8, 4) is 11.3 Å². The number of aromatic nitrogens is 3. The van der Waals surface area contributed by atoms with Gasteiger partial charge in [-0.25, -0.2) is 9.78 Å². The minimum atomic E-state index is -0.322. The van der Waals surface area contributed by atoms with Crippen molar-refractivity contribution >= 4 is 23.9 Å². The highest BCUT2D eigenvalue weighted by Crippen LogP contribution is 2.34. The zero-order valence-corrected chi connectivity index (χ0v) is 19.5. The lowest BCUT2D eigenvalue weighted by molar-refractivity contribution is 0.0526. The number of pyridine rings is 1. The van der Waals surface area contributed by atoms with E-state index in [-0.39, 0.29) is 11.9 Å². The number of carbonyl (C=O) groups excluding carboxylic acids is 1. The van der Waals surface area contributed by atoms with Gasteiger partial charge in [0.15, 0.2) is 0 Å². The van der Waals surface area contributed by atoms with Crippen molar-refractivity contribution < 1.29 is 9.53 Å². The standard InChI is InChI=1S/C25H24N4O2.C2H6/c1-4-17-11-12-22(28-21(17)5-2)29-15-20(16-29)24-23(26-13-14-27-24)18-7-9-19(10-8-18)25(30)31-6-3;1-2/h4-5,7-14,20H,1-2,6,15-16H2,3H3;1-2H3. The Kier molecular flexibility index (Phi) is 8.08. The van der Waals surface area contributed by atoms with Gasteiger partial charge in [-0.1, -0.05) is 45.2 Å². The Labute approximate surface area is 195 Å². The Morgan fingerprint density at radius 1 is 1.06 bits per heavy atom. The Bertz CT molecular complexity index is 1120. The summed E-state index contributed by atoms with van der Waals surface area (Å²) < 4.78 is 5.06. The number of rotatable bonds is 7. The molecule has 0 unspecified atom stereocenters.